The maximum atomic E-state index is 11.5. The average Bonchev–Trinajstić information content (AvgIpc) is 3.06. The Morgan fingerprint density at radius 2 is 2.35 bits per heavy atom. The third kappa shape index (κ3) is 4.22. The van der Waals surface area contributed by atoms with Crippen molar-refractivity contribution < 1.29 is 4.79 Å². The number of carbonyl (C=O) groups excluding carboxylic acids is 1. The summed E-state index contributed by atoms with van der Waals surface area (Å²) in [6.07, 6.45) is 2.48. The second kappa shape index (κ2) is 5.35. The Morgan fingerprint density at radius 3 is 3.00 bits per heavy atom. The maximum Gasteiger partial charge on any atom is 0.230 e. The van der Waals surface area contributed by atoms with E-state index >= 15 is 0 Å². The van der Waals surface area contributed by atoms with Gasteiger partial charge in [0.2, 0.25) is 5.91 Å². The first-order valence-corrected chi connectivity index (χ1v) is 6.62. The van der Waals surface area contributed by atoms with E-state index < -0.39 is 0 Å². The molecule has 0 bridgehead atoms. The van der Waals surface area contributed by atoms with Crippen LogP contribution in [0.1, 0.15) is 18.5 Å². The van der Waals surface area contributed by atoms with Gasteiger partial charge in [0.1, 0.15) is 5.82 Å². The second-order valence-corrected chi connectivity index (χ2v) is 5.20. The summed E-state index contributed by atoms with van der Waals surface area (Å²) < 4.78 is 0. The van der Waals surface area contributed by atoms with Crippen LogP contribution < -0.4 is 11.1 Å². The number of carbonyl (C=O) groups is 1. The number of aromatic nitrogens is 2. The van der Waals surface area contributed by atoms with Gasteiger partial charge in [-0.25, -0.2) is 9.97 Å². The van der Waals surface area contributed by atoms with Crippen LogP contribution in [0.15, 0.2) is 11.2 Å². The molecule has 1 amide bonds. The summed E-state index contributed by atoms with van der Waals surface area (Å²) in [6.45, 7) is 2.66. The first kappa shape index (κ1) is 12.2. The Morgan fingerprint density at radius 1 is 1.59 bits per heavy atom. The SMILES string of the molecule is Cc1cc(N)nc(SCC(=O)NCC2CC2)n1. The van der Waals surface area contributed by atoms with Gasteiger partial charge in [-0.1, -0.05) is 11.8 Å². The zero-order chi connectivity index (χ0) is 12.3. The highest BCUT2D eigenvalue weighted by molar-refractivity contribution is 7.99. The molecule has 0 atom stereocenters. The molecule has 1 saturated carbocycles. The van der Waals surface area contributed by atoms with Crippen molar-refractivity contribution in [3.05, 3.63) is 11.8 Å². The topological polar surface area (TPSA) is 80.9 Å². The van der Waals surface area contributed by atoms with Crippen LogP contribution in [-0.4, -0.2) is 28.2 Å². The van der Waals surface area contributed by atoms with Gasteiger partial charge >= 0.3 is 0 Å². The number of hydrogen-bond donors (Lipinski definition) is 2. The first-order chi connectivity index (χ1) is 8.13. The summed E-state index contributed by atoms with van der Waals surface area (Å²) >= 11 is 1.31. The van der Waals surface area contributed by atoms with Crippen molar-refractivity contribution in [1.29, 1.82) is 0 Å². The lowest BCUT2D eigenvalue weighted by molar-refractivity contribution is -0.118. The van der Waals surface area contributed by atoms with E-state index in [0.29, 0.717) is 22.6 Å². The average molecular weight is 252 g/mol. The van der Waals surface area contributed by atoms with Crippen molar-refractivity contribution in [3.63, 3.8) is 0 Å². The fourth-order valence-corrected chi connectivity index (χ4v) is 2.13. The Hall–Kier alpha value is -1.30. The van der Waals surface area contributed by atoms with Crippen molar-refractivity contribution in [3.8, 4) is 0 Å². The third-order valence-corrected chi connectivity index (χ3v) is 3.32. The molecule has 1 aliphatic carbocycles. The molecule has 1 heterocycles. The number of thioether (sulfide) groups is 1. The smallest absolute Gasteiger partial charge is 0.230 e. The number of nitrogens with zero attached hydrogens (tertiary/aromatic N) is 2. The molecule has 1 aromatic heterocycles. The second-order valence-electron chi connectivity index (χ2n) is 4.25. The quantitative estimate of drug-likeness (QED) is 0.603. The summed E-state index contributed by atoms with van der Waals surface area (Å²) in [5.74, 6) is 1.52. The number of hydrogen-bond acceptors (Lipinski definition) is 5. The monoisotopic (exact) mass is 252 g/mol. The number of anilines is 1. The van der Waals surface area contributed by atoms with E-state index in [1.54, 1.807) is 6.07 Å². The van der Waals surface area contributed by atoms with Crippen molar-refractivity contribution in [2.24, 2.45) is 5.92 Å². The van der Waals surface area contributed by atoms with E-state index in [2.05, 4.69) is 15.3 Å². The molecular formula is C11H16N4OS. The van der Waals surface area contributed by atoms with E-state index in [9.17, 15) is 4.79 Å². The van der Waals surface area contributed by atoms with Gasteiger partial charge in [0.05, 0.1) is 5.75 Å². The van der Waals surface area contributed by atoms with Crippen LogP contribution in [0.3, 0.4) is 0 Å². The minimum absolute atomic E-state index is 0.0329. The fourth-order valence-electron chi connectivity index (χ4n) is 1.39. The lowest BCUT2D eigenvalue weighted by Crippen LogP contribution is -2.27. The molecule has 92 valence electrons. The van der Waals surface area contributed by atoms with Crippen LogP contribution in [-0.2, 0) is 4.79 Å². The van der Waals surface area contributed by atoms with Gasteiger partial charge in [-0.3, -0.25) is 4.79 Å². The largest absolute Gasteiger partial charge is 0.384 e. The summed E-state index contributed by atoms with van der Waals surface area (Å²) in [7, 11) is 0. The summed E-state index contributed by atoms with van der Waals surface area (Å²) in [6, 6.07) is 1.71. The number of nitrogen functional groups attached to an aromatic ring is 1. The zero-order valence-electron chi connectivity index (χ0n) is 9.77. The Kier molecular flexibility index (Phi) is 3.83. The molecule has 0 spiro atoms. The highest BCUT2D eigenvalue weighted by atomic mass is 32.2. The van der Waals surface area contributed by atoms with Crippen LogP contribution in [0.4, 0.5) is 5.82 Å². The minimum atomic E-state index is 0.0329. The van der Waals surface area contributed by atoms with Gasteiger partial charge in [0.15, 0.2) is 5.16 Å². The van der Waals surface area contributed by atoms with Gasteiger partial charge in [0.25, 0.3) is 0 Å². The normalized spacial score (nSPS) is 14.6. The molecule has 1 fully saturated rings. The van der Waals surface area contributed by atoms with Crippen molar-refractivity contribution in [2.45, 2.75) is 24.9 Å². The molecule has 1 aliphatic rings. The Labute approximate surface area is 105 Å². The van der Waals surface area contributed by atoms with Crippen molar-refractivity contribution in [2.75, 3.05) is 18.0 Å². The molecule has 6 heteroatoms. The van der Waals surface area contributed by atoms with Crippen molar-refractivity contribution >= 4 is 23.5 Å². The predicted molar refractivity (Wildman–Crippen MR) is 67.6 cm³/mol. The molecule has 2 rings (SSSR count). The molecule has 1 aromatic rings. The van der Waals surface area contributed by atoms with E-state index in [4.69, 9.17) is 5.73 Å². The van der Waals surface area contributed by atoms with E-state index in [0.717, 1.165) is 12.2 Å². The number of aryl methyl sites for hydroxylation is 1. The Balaban J connectivity index is 1.77. The predicted octanol–water partition coefficient (Wildman–Crippen LogP) is 0.986. The van der Waals surface area contributed by atoms with Crippen LogP contribution in [0.25, 0.3) is 0 Å². The number of nitrogens with one attached hydrogen (secondary N) is 1. The maximum absolute atomic E-state index is 11.5. The molecule has 17 heavy (non-hydrogen) atoms. The number of amides is 1. The molecule has 0 radical (unpaired) electrons. The molecule has 3 N–H and O–H groups in total. The van der Waals surface area contributed by atoms with Gasteiger partial charge < -0.3 is 11.1 Å². The lowest BCUT2D eigenvalue weighted by atomic mass is 10.4. The fraction of sp³-hybridized carbons (Fsp3) is 0.545. The van der Waals surface area contributed by atoms with Crippen LogP contribution in [0.2, 0.25) is 0 Å². The van der Waals surface area contributed by atoms with Gasteiger partial charge in [-0.05, 0) is 25.7 Å². The van der Waals surface area contributed by atoms with E-state index in [1.165, 1.54) is 24.6 Å². The molecule has 0 unspecified atom stereocenters. The molecule has 0 aliphatic heterocycles. The van der Waals surface area contributed by atoms with Crippen molar-refractivity contribution in [1.82, 2.24) is 15.3 Å². The van der Waals surface area contributed by atoms with Gasteiger partial charge in [-0.2, -0.15) is 0 Å². The molecule has 0 saturated heterocycles. The van der Waals surface area contributed by atoms with E-state index in [1.807, 2.05) is 6.92 Å². The molecular weight excluding hydrogens is 236 g/mol. The lowest BCUT2D eigenvalue weighted by Gasteiger charge is -2.04. The summed E-state index contributed by atoms with van der Waals surface area (Å²) in [5, 5.41) is 3.46. The van der Waals surface area contributed by atoms with Gasteiger partial charge in [-0.15, -0.1) is 0 Å². The number of nitrogens with two attached hydrogens (primary N) is 1. The highest BCUT2D eigenvalue weighted by Gasteiger charge is 2.21. The standard InChI is InChI=1S/C11H16N4OS/c1-7-4-9(12)15-11(14-7)17-6-10(16)13-5-8-2-3-8/h4,8H,2-3,5-6H2,1H3,(H,13,16)(H2,12,14,15). The zero-order valence-corrected chi connectivity index (χ0v) is 10.6. The van der Waals surface area contributed by atoms with E-state index in [-0.39, 0.29) is 5.91 Å². The number of rotatable bonds is 5. The first-order valence-electron chi connectivity index (χ1n) is 5.64. The van der Waals surface area contributed by atoms with Crippen LogP contribution in [0.5, 0.6) is 0 Å². The van der Waals surface area contributed by atoms with Gasteiger partial charge in [0, 0.05) is 18.3 Å². The summed E-state index contributed by atoms with van der Waals surface area (Å²) in [5.41, 5.74) is 6.43. The Bertz CT molecular complexity index is 400. The molecule has 5 nitrogen and oxygen atoms in total. The third-order valence-electron chi connectivity index (χ3n) is 2.47. The molecule has 0 aromatic carbocycles. The summed E-state index contributed by atoms with van der Waals surface area (Å²) in [4.78, 5) is 19.8. The van der Waals surface area contributed by atoms with Crippen LogP contribution in [0, 0.1) is 12.8 Å². The highest BCUT2D eigenvalue weighted by Crippen LogP contribution is 2.27. The van der Waals surface area contributed by atoms with Crippen LogP contribution >= 0.6 is 11.8 Å². The minimum Gasteiger partial charge on any atom is -0.384 e.